The lowest BCUT2D eigenvalue weighted by Crippen LogP contribution is -2.11. The first-order valence-corrected chi connectivity index (χ1v) is 10.4. The third-order valence-electron chi connectivity index (χ3n) is 4.67. The van der Waals surface area contributed by atoms with Gasteiger partial charge in [0.15, 0.2) is 0 Å². The maximum Gasteiger partial charge on any atom is 0.345 e. The summed E-state index contributed by atoms with van der Waals surface area (Å²) in [5.41, 5.74) is 24.4. The summed E-state index contributed by atoms with van der Waals surface area (Å²) in [6.45, 7) is 0. The molecule has 0 amide bonds. The van der Waals surface area contributed by atoms with Crippen LogP contribution in [0.5, 0.6) is 23.0 Å². The maximum absolute atomic E-state index is 11.8. The minimum Gasteiger partial charge on any atom is -0.508 e. The Morgan fingerprint density at radius 2 is 1.06 bits per heavy atom. The van der Waals surface area contributed by atoms with E-state index in [1.54, 1.807) is 24.3 Å². The lowest BCUT2D eigenvalue weighted by molar-refractivity contribution is 0.0726. The number of carbonyl (C=O) groups is 2. The summed E-state index contributed by atoms with van der Waals surface area (Å²) in [5, 5.41) is 18.4. The molecule has 10 nitrogen and oxygen atoms in total. The van der Waals surface area contributed by atoms with E-state index in [1.165, 1.54) is 60.7 Å². The Morgan fingerprint density at radius 1 is 0.556 bits per heavy atom. The molecule has 4 aromatic rings. The van der Waals surface area contributed by atoms with Crippen LogP contribution in [-0.4, -0.2) is 22.2 Å². The van der Waals surface area contributed by atoms with Crippen LogP contribution in [-0.2, 0) is 0 Å². The summed E-state index contributed by atoms with van der Waals surface area (Å²) in [5.74, 6) is -0.478. The van der Waals surface area contributed by atoms with Gasteiger partial charge < -0.3 is 42.6 Å². The molecular weight excluding hydrogens is 464 g/mol. The fourth-order valence-corrected chi connectivity index (χ4v) is 2.92. The Morgan fingerprint density at radius 3 is 1.53 bits per heavy atom. The number of anilines is 4. The summed E-state index contributed by atoms with van der Waals surface area (Å²) in [6.07, 6.45) is 0. The minimum atomic E-state index is -0.599. The van der Waals surface area contributed by atoms with E-state index in [-0.39, 0.29) is 39.8 Å². The van der Waals surface area contributed by atoms with E-state index in [9.17, 15) is 14.7 Å². The first-order chi connectivity index (χ1) is 17.1. The molecule has 10 N–H and O–H groups in total. The van der Waals surface area contributed by atoms with Gasteiger partial charge in [0.2, 0.25) is 0 Å². The highest BCUT2D eigenvalue weighted by Gasteiger charge is 2.13. The van der Waals surface area contributed by atoms with Gasteiger partial charge in [0.25, 0.3) is 0 Å². The van der Waals surface area contributed by atoms with Gasteiger partial charge in [-0.2, -0.15) is 0 Å². The molecule has 0 spiro atoms. The summed E-state index contributed by atoms with van der Waals surface area (Å²) in [4.78, 5) is 23.7. The SMILES string of the molecule is Nc1ccc(C(=O)Oc2ccc(O)cc2)c(N)c1.Nc1ccc(C(=O)Oc2cccc(O)c2)c(N)c1. The molecule has 0 saturated carbocycles. The number of phenols is 2. The molecular formula is C26H24N4O6. The standard InChI is InChI=1S/2C13H12N2O3/c14-8-1-6-11(12(15)7-8)13(17)18-10-4-2-9(16)3-5-10;14-8-4-5-11(12(15)6-8)13(17)18-10-3-1-2-9(16)7-10/h2*1-7,16H,14-15H2. The Bertz CT molecular complexity index is 1390. The van der Waals surface area contributed by atoms with E-state index in [0.29, 0.717) is 17.1 Å². The zero-order valence-electron chi connectivity index (χ0n) is 18.9. The highest BCUT2D eigenvalue weighted by Crippen LogP contribution is 2.22. The zero-order valence-corrected chi connectivity index (χ0v) is 18.9. The molecule has 0 aromatic heterocycles. The average molecular weight is 489 g/mol. The fraction of sp³-hybridized carbons (Fsp3) is 0. The molecule has 4 aromatic carbocycles. The van der Waals surface area contributed by atoms with Crippen LogP contribution >= 0.6 is 0 Å². The van der Waals surface area contributed by atoms with Crippen LogP contribution in [0.2, 0.25) is 0 Å². The number of nitrogen functional groups attached to an aromatic ring is 4. The van der Waals surface area contributed by atoms with Gasteiger partial charge in [0, 0.05) is 28.8 Å². The van der Waals surface area contributed by atoms with Crippen molar-refractivity contribution in [2.45, 2.75) is 0 Å². The van der Waals surface area contributed by atoms with Gasteiger partial charge in [0.1, 0.15) is 23.0 Å². The summed E-state index contributed by atoms with van der Waals surface area (Å²) < 4.78 is 10.2. The van der Waals surface area contributed by atoms with Crippen molar-refractivity contribution in [3.05, 3.63) is 96.1 Å². The molecule has 0 aliphatic rings. The van der Waals surface area contributed by atoms with Crippen molar-refractivity contribution in [3.8, 4) is 23.0 Å². The number of carbonyl (C=O) groups excluding carboxylic acids is 2. The number of hydrogen-bond acceptors (Lipinski definition) is 10. The molecule has 4 rings (SSSR count). The number of benzene rings is 4. The Hall–Kier alpha value is -5.38. The number of aromatic hydroxyl groups is 2. The normalized spacial score (nSPS) is 10.0. The first kappa shape index (κ1) is 25.2. The van der Waals surface area contributed by atoms with Crippen molar-refractivity contribution in [1.82, 2.24) is 0 Å². The van der Waals surface area contributed by atoms with Crippen LogP contribution in [0, 0.1) is 0 Å². The molecule has 0 unspecified atom stereocenters. The Kier molecular flexibility index (Phi) is 7.83. The van der Waals surface area contributed by atoms with Gasteiger partial charge >= 0.3 is 11.9 Å². The third kappa shape index (κ3) is 6.81. The number of phenolic OH excluding ortho intramolecular Hbond substituents is 2. The highest BCUT2D eigenvalue weighted by molar-refractivity contribution is 5.97. The van der Waals surface area contributed by atoms with E-state index < -0.39 is 11.9 Å². The highest BCUT2D eigenvalue weighted by atomic mass is 16.5. The minimum absolute atomic E-state index is 0.0191. The number of hydrogen-bond donors (Lipinski definition) is 6. The molecule has 0 aliphatic carbocycles. The van der Waals surface area contributed by atoms with Crippen molar-refractivity contribution >= 4 is 34.7 Å². The molecule has 0 fully saturated rings. The molecule has 36 heavy (non-hydrogen) atoms. The second kappa shape index (κ2) is 11.2. The molecule has 184 valence electrons. The van der Waals surface area contributed by atoms with Crippen LogP contribution in [0.25, 0.3) is 0 Å². The first-order valence-electron chi connectivity index (χ1n) is 10.4. The third-order valence-corrected chi connectivity index (χ3v) is 4.67. The Labute approximate surface area is 206 Å². The van der Waals surface area contributed by atoms with Crippen LogP contribution < -0.4 is 32.4 Å². The number of rotatable bonds is 4. The van der Waals surface area contributed by atoms with Gasteiger partial charge in [-0.1, -0.05) is 6.07 Å². The van der Waals surface area contributed by atoms with E-state index >= 15 is 0 Å². The second-order valence-electron chi connectivity index (χ2n) is 7.46. The summed E-state index contributed by atoms with van der Waals surface area (Å²) in [6, 6.07) is 20.9. The van der Waals surface area contributed by atoms with Crippen LogP contribution in [0.15, 0.2) is 84.9 Å². The maximum atomic E-state index is 11.8. The van der Waals surface area contributed by atoms with E-state index in [2.05, 4.69) is 0 Å². The monoisotopic (exact) mass is 488 g/mol. The number of nitrogens with two attached hydrogens (primary N) is 4. The van der Waals surface area contributed by atoms with Crippen molar-refractivity contribution in [3.63, 3.8) is 0 Å². The Balaban J connectivity index is 0.000000201. The smallest absolute Gasteiger partial charge is 0.345 e. The fourth-order valence-electron chi connectivity index (χ4n) is 2.92. The van der Waals surface area contributed by atoms with Gasteiger partial charge in [-0.05, 0) is 72.8 Å². The molecule has 0 atom stereocenters. The second-order valence-corrected chi connectivity index (χ2v) is 7.46. The molecule has 0 heterocycles. The molecule has 0 saturated heterocycles. The number of esters is 2. The van der Waals surface area contributed by atoms with Crippen molar-refractivity contribution in [2.24, 2.45) is 0 Å². The lowest BCUT2D eigenvalue weighted by Gasteiger charge is -2.07. The summed E-state index contributed by atoms with van der Waals surface area (Å²) >= 11 is 0. The van der Waals surface area contributed by atoms with Gasteiger partial charge in [0.05, 0.1) is 11.1 Å². The largest absolute Gasteiger partial charge is 0.508 e. The molecule has 10 heteroatoms. The average Bonchev–Trinajstić information content (AvgIpc) is 2.81. The predicted octanol–water partition coefficient (Wildman–Crippen LogP) is 3.55. The van der Waals surface area contributed by atoms with Gasteiger partial charge in [-0.15, -0.1) is 0 Å². The van der Waals surface area contributed by atoms with Crippen LogP contribution in [0.1, 0.15) is 20.7 Å². The zero-order chi connectivity index (χ0) is 26.2. The van der Waals surface area contributed by atoms with Crippen LogP contribution in [0.3, 0.4) is 0 Å². The quantitative estimate of drug-likeness (QED) is 0.140. The van der Waals surface area contributed by atoms with Crippen molar-refractivity contribution in [1.29, 1.82) is 0 Å². The van der Waals surface area contributed by atoms with Gasteiger partial charge in [-0.3, -0.25) is 0 Å². The van der Waals surface area contributed by atoms with E-state index in [4.69, 9.17) is 37.5 Å². The lowest BCUT2D eigenvalue weighted by atomic mass is 10.1. The predicted molar refractivity (Wildman–Crippen MR) is 137 cm³/mol. The molecule has 0 bridgehead atoms. The number of ether oxygens (including phenoxy) is 2. The van der Waals surface area contributed by atoms with Crippen molar-refractivity contribution < 1.29 is 29.3 Å². The van der Waals surface area contributed by atoms with Gasteiger partial charge in [-0.25, -0.2) is 9.59 Å². The van der Waals surface area contributed by atoms with E-state index in [0.717, 1.165) is 0 Å². The summed E-state index contributed by atoms with van der Waals surface area (Å²) in [7, 11) is 0. The molecule has 0 radical (unpaired) electrons. The van der Waals surface area contributed by atoms with Crippen LogP contribution in [0.4, 0.5) is 22.7 Å². The van der Waals surface area contributed by atoms with E-state index in [1.807, 2.05) is 0 Å². The molecule has 0 aliphatic heterocycles. The topological polar surface area (TPSA) is 197 Å². The van der Waals surface area contributed by atoms with Crippen molar-refractivity contribution in [2.75, 3.05) is 22.9 Å².